The zero-order valence-electron chi connectivity index (χ0n) is 11.4. The van der Waals surface area contributed by atoms with Crippen molar-refractivity contribution in [2.24, 2.45) is 5.92 Å². The molecule has 1 aromatic heterocycles. The smallest absolute Gasteiger partial charge is 0.148 e. The van der Waals surface area contributed by atoms with E-state index in [1.807, 2.05) is 11.6 Å². The monoisotopic (exact) mass is 240 g/mol. The number of aromatic nitrogens is 2. The second-order valence-electron chi connectivity index (χ2n) is 5.06. The zero-order valence-corrected chi connectivity index (χ0v) is 11.4. The average Bonchev–Trinajstić information content (AvgIpc) is 2.52. The summed E-state index contributed by atoms with van der Waals surface area (Å²) in [4.78, 5) is 0. The van der Waals surface area contributed by atoms with Crippen LogP contribution in [0.5, 0.6) is 0 Å². The number of aryl methyl sites for hydroxylation is 1. The molecule has 0 aromatic carbocycles. The lowest BCUT2D eigenvalue weighted by atomic mass is 10.1. The summed E-state index contributed by atoms with van der Waals surface area (Å²) in [5, 5.41) is 17.0. The molecule has 5 heteroatoms. The first kappa shape index (κ1) is 13.8. The van der Waals surface area contributed by atoms with E-state index in [-0.39, 0.29) is 18.7 Å². The molecule has 1 aromatic rings. The normalized spacial score (nSPS) is 13.4. The second kappa shape index (κ2) is 5.40. The number of nitrogens with two attached hydrogens (primary N) is 1. The van der Waals surface area contributed by atoms with Crippen LogP contribution in [0, 0.1) is 12.8 Å². The van der Waals surface area contributed by atoms with Gasteiger partial charge in [0.25, 0.3) is 0 Å². The Bertz CT molecular complexity index is 371. The van der Waals surface area contributed by atoms with E-state index in [0.717, 1.165) is 11.5 Å². The molecule has 0 bridgehead atoms. The molecule has 5 nitrogen and oxygen atoms in total. The summed E-state index contributed by atoms with van der Waals surface area (Å²) in [6, 6.07) is 0.228. The van der Waals surface area contributed by atoms with Crippen LogP contribution in [-0.4, -0.2) is 27.5 Å². The van der Waals surface area contributed by atoms with Crippen molar-refractivity contribution in [3.8, 4) is 0 Å². The minimum Gasteiger partial charge on any atom is -0.394 e. The van der Waals surface area contributed by atoms with Crippen LogP contribution >= 0.6 is 0 Å². The van der Waals surface area contributed by atoms with E-state index in [2.05, 4.69) is 38.1 Å². The van der Waals surface area contributed by atoms with Crippen LogP contribution in [0.4, 0.5) is 11.5 Å². The highest BCUT2D eigenvalue weighted by atomic mass is 16.3. The van der Waals surface area contributed by atoms with Gasteiger partial charge in [0.1, 0.15) is 5.82 Å². The summed E-state index contributed by atoms with van der Waals surface area (Å²) in [5.41, 5.74) is 7.50. The fourth-order valence-corrected chi connectivity index (χ4v) is 1.68. The number of anilines is 2. The van der Waals surface area contributed by atoms with Crippen LogP contribution in [0.2, 0.25) is 0 Å². The van der Waals surface area contributed by atoms with Crippen LogP contribution < -0.4 is 11.1 Å². The van der Waals surface area contributed by atoms with Gasteiger partial charge in [-0.2, -0.15) is 5.10 Å². The highest BCUT2D eigenvalue weighted by Crippen LogP contribution is 2.27. The first-order valence-corrected chi connectivity index (χ1v) is 6.10. The zero-order chi connectivity index (χ0) is 13.2. The number of hydrogen-bond acceptors (Lipinski definition) is 4. The van der Waals surface area contributed by atoms with E-state index in [9.17, 15) is 5.11 Å². The average molecular weight is 240 g/mol. The Kier molecular flexibility index (Phi) is 4.40. The van der Waals surface area contributed by atoms with Crippen LogP contribution in [-0.2, 0) is 0 Å². The fourth-order valence-electron chi connectivity index (χ4n) is 1.68. The van der Waals surface area contributed by atoms with E-state index in [1.165, 1.54) is 0 Å². The van der Waals surface area contributed by atoms with E-state index < -0.39 is 0 Å². The third kappa shape index (κ3) is 2.91. The first-order valence-electron chi connectivity index (χ1n) is 6.10. The summed E-state index contributed by atoms with van der Waals surface area (Å²) in [5.74, 6) is 1.14. The summed E-state index contributed by atoms with van der Waals surface area (Å²) in [7, 11) is 0. The molecule has 1 atom stereocenters. The molecule has 1 rings (SSSR count). The lowest BCUT2D eigenvalue weighted by molar-refractivity contribution is 0.248. The van der Waals surface area contributed by atoms with Crippen molar-refractivity contribution in [1.82, 2.24) is 9.78 Å². The maximum absolute atomic E-state index is 9.35. The molecule has 0 aliphatic rings. The van der Waals surface area contributed by atoms with Gasteiger partial charge in [-0.3, -0.25) is 0 Å². The van der Waals surface area contributed by atoms with Crippen LogP contribution in [0.15, 0.2) is 0 Å². The van der Waals surface area contributed by atoms with Gasteiger partial charge in [-0.15, -0.1) is 0 Å². The number of nitrogens with one attached hydrogen (secondary N) is 1. The third-order valence-electron chi connectivity index (χ3n) is 2.94. The van der Waals surface area contributed by atoms with Crippen molar-refractivity contribution < 1.29 is 5.11 Å². The lowest BCUT2D eigenvalue weighted by Crippen LogP contribution is -2.31. The molecular weight excluding hydrogens is 216 g/mol. The van der Waals surface area contributed by atoms with Gasteiger partial charge in [0, 0.05) is 6.04 Å². The fraction of sp³-hybridized carbons (Fsp3) is 0.750. The van der Waals surface area contributed by atoms with Gasteiger partial charge >= 0.3 is 0 Å². The first-order chi connectivity index (χ1) is 7.88. The highest BCUT2D eigenvalue weighted by Gasteiger charge is 2.19. The molecule has 4 N–H and O–H groups in total. The van der Waals surface area contributed by atoms with Crippen molar-refractivity contribution in [2.45, 2.75) is 46.7 Å². The predicted molar refractivity (Wildman–Crippen MR) is 71.1 cm³/mol. The van der Waals surface area contributed by atoms with Gasteiger partial charge in [-0.05, 0) is 26.7 Å². The number of rotatable bonds is 5. The number of aliphatic hydroxyl groups is 1. The van der Waals surface area contributed by atoms with E-state index in [0.29, 0.717) is 11.6 Å². The number of hydrogen-bond donors (Lipinski definition) is 3. The summed E-state index contributed by atoms with van der Waals surface area (Å²) in [6.07, 6.45) is 0. The third-order valence-corrected chi connectivity index (χ3v) is 2.94. The molecule has 98 valence electrons. The highest BCUT2D eigenvalue weighted by molar-refractivity contribution is 5.65. The van der Waals surface area contributed by atoms with E-state index >= 15 is 0 Å². The molecule has 0 radical (unpaired) electrons. The van der Waals surface area contributed by atoms with Crippen LogP contribution in [0.3, 0.4) is 0 Å². The second-order valence-corrected chi connectivity index (χ2v) is 5.06. The predicted octanol–water partition coefficient (Wildman–Crippen LogP) is 1.78. The van der Waals surface area contributed by atoms with Crippen molar-refractivity contribution in [3.63, 3.8) is 0 Å². The van der Waals surface area contributed by atoms with E-state index in [1.54, 1.807) is 0 Å². The maximum atomic E-state index is 9.35. The van der Waals surface area contributed by atoms with Gasteiger partial charge in [-0.1, -0.05) is 13.8 Å². The van der Waals surface area contributed by atoms with Crippen molar-refractivity contribution in [2.75, 3.05) is 17.7 Å². The SMILES string of the molecule is Cc1nn(C(C)C)c(N[C@H](CO)C(C)C)c1N. The van der Waals surface area contributed by atoms with E-state index in [4.69, 9.17) is 5.73 Å². The Morgan fingerprint density at radius 3 is 2.35 bits per heavy atom. The van der Waals surface area contributed by atoms with Crippen LogP contribution in [0.25, 0.3) is 0 Å². The molecule has 0 saturated heterocycles. The summed E-state index contributed by atoms with van der Waals surface area (Å²) < 4.78 is 1.87. The molecule has 0 unspecified atom stereocenters. The Balaban J connectivity index is 3.03. The standard InChI is InChI=1S/C12H24N4O/c1-7(2)10(6-17)14-12-11(13)9(5)15-16(12)8(3)4/h7-8,10,14,17H,6,13H2,1-5H3/t10-/m1/s1. The van der Waals surface area contributed by atoms with Crippen molar-refractivity contribution in [1.29, 1.82) is 0 Å². The van der Waals surface area contributed by atoms with Gasteiger partial charge in [-0.25, -0.2) is 4.68 Å². The molecule has 1 heterocycles. The molecule has 0 aliphatic carbocycles. The molecular formula is C12H24N4O. The number of nitrogen functional groups attached to an aromatic ring is 1. The molecule has 17 heavy (non-hydrogen) atoms. The maximum Gasteiger partial charge on any atom is 0.148 e. The summed E-state index contributed by atoms with van der Waals surface area (Å²) >= 11 is 0. The Morgan fingerprint density at radius 1 is 1.35 bits per heavy atom. The molecule has 0 aliphatic heterocycles. The Morgan fingerprint density at radius 2 is 1.94 bits per heavy atom. The van der Waals surface area contributed by atoms with Gasteiger partial charge in [0.15, 0.2) is 0 Å². The number of aliphatic hydroxyl groups excluding tert-OH is 1. The molecule has 0 saturated carbocycles. The van der Waals surface area contributed by atoms with Crippen molar-refractivity contribution >= 4 is 11.5 Å². The van der Waals surface area contributed by atoms with Gasteiger partial charge in [0.2, 0.25) is 0 Å². The van der Waals surface area contributed by atoms with Gasteiger partial charge < -0.3 is 16.2 Å². The molecule has 0 amide bonds. The minimum atomic E-state index is -0.00843. The summed E-state index contributed by atoms with van der Waals surface area (Å²) in [6.45, 7) is 10.2. The molecule has 0 spiro atoms. The quantitative estimate of drug-likeness (QED) is 0.733. The van der Waals surface area contributed by atoms with Crippen molar-refractivity contribution in [3.05, 3.63) is 5.69 Å². The topological polar surface area (TPSA) is 76.1 Å². The Labute approximate surface area is 103 Å². The number of nitrogens with zero attached hydrogens (tertiary/aromatic N) is 2. The Hall–Kier alpha value is -1.23. The minimum absolute atomic E-state index is 0.00843. The molecule has 0 fully saturated rings. The van der Waals surface area contributed by atoms with Crippen LogP contribution in [0.1, 0.15) is 39.4 Å². The largest absolute Gasteiger partial charge is 0.394 e. The lowest BCUT2D eigenvalue weighted by Gasteiger charge is -2.23. The van der Waals surface area contributed by atoms with Gasteiger partial charge in [0.05, 0.1) is 24.0 Å².